The quantitative estimate of drug-likeness (QED) is 0.247. The van der Waals surface area contributed by atoms with Gasteiger partial charge in [0.25, 0.3) is 0 Å². The highest BCUT2D eigenvalue weighted by atomic mass is 16.5. The molecule has 1 nitrogen and oxygen atoms in total. The molecule has 0 aliphatic heterocycles. The fraction of sp³-hybridized carbons (Fsp3) is 0.895. The SMILES string of the molecule is CC#COCCCCCCCCCCCCCCCC. The molecular formula is C19H36O. The molecule has 0 aromatic rings. The summed E-state index contributed by atoms with van der Waals surface area (Å²) in [6, 6.07) is 0. The first-order chi connectivity index (χ1) is 9.91. The highest BCUT2D eigenvalue weighted by Gasteiger charge is 1.94. The van der Waals surface area contributed by atoms with Gasteiger partial charge < -0.3 is 4.74 Å². The van der Waals surface area contributed by atoms with E-state index < -0.39 is 0 Å². The molecule has 20 heavy (non-hydrogen) atoms. The normalized spacial score (nSPS) is 10.1. The largest absolute Gasteiger partial charge is 0.447 e. The van der Waals surface area contributed by atoms with Gasteiger partial charge in [0.15, 0.2) is 0 Å². The van der Waals surface area contributed by atoms with Gasteiger partial charge in [0, 0.05) is 6.92 Å². The van der Waals surface area contributed by atoms with Crippen LogP contribution in [0, 0.1) is 12.0 Å². The molecule has 0 amide bonds. The van der Waals surface area contributed by atoms with Gasteiger partial charge in [-0.1, -0.05) is 96.3 Å². The van der Waals surface area contributed by atoms with Crippen molar-refractivity contribution in [1.82, 2.24) is 0 Å². The lowest BCUT2D eigenvalue weighted by molar-refractivity contribution is 0.266. The van der Waals surface area contributed by atoms with Gasteiger partial charge in [-0.15, -0.1) is 0 Å². The first-order valence-electron chi connectivity index (χ1n) is 8.95. The Morgan fingerprint density at radius 3 is 1.40 bits per heavy atom. The number of ether oxygens (including phenoxy) is 1. The number of unbranched alkanes of at least 4 members (excludes halogenated alkanes) is 13. The molecule has 0 spiro atoms. The molecule has 0 aliphatic rings. The molecule has 0 bridgehead atoms. The Kier molecular flexibility index (Phi) is 17.8. The van der Waals surface area contributed by atoms with Gasteiger partial charge in [-0.2, -0.15) is 0 Å². The van der Waals surface area contributed by atoms with Crippen LogP contribution >= 0.6 is 0 Å². The van der Waals surface area contributed by atoms with Gasteiger partial charge in [-0.25, -0.2) is 0 Å². The molecule has 0 atom stereocenters. The third kappa shape index (κ3) is 17.4. The molecule has 0 heterocycles. The van der Waals surface area contributed by atoms with Crippen LogP contribution in [0.1, 0.15) is 104 Å². The number of hydrogen-bond donors (Lipinski definition) is 0. The fourth-order valence-corrected chi connectivity index (χ4v) is 2.49. The van der Waals surface area contributed by atoms with Gasteiger partial charge in [0.05, 0.1) is 0 Å². The highest BCUT2D eigenvalue weighted by molar-refractivity contribution is 4.84. The lowest BCUT2D eigenvalue weighted by Gasteiger charge is -2.03. The lowest BCUT2D eigenvalue weighted by Crippen LogP contribution is -1.88. The van der Waals surface area contributed by atoms with Gasteiger partial charge in [-0.3, -0.25) is 0 Å². The van der Waals surface area contributed by atoms with Gasteiger partial charge in [0.1, 0.15) is 12.7 Å². The van der Waals surface area contributed by atoms with Crippen molar-refractivity contribution in [2.45, 2.75) is 104 Å². The van der Waals surface area contributed by atoms with Crippen molar-refractivity contribution < 1.29 is 4.74 Å². The van der Waals surface area contributed by atoms with Gasteiger partial charge in [0.2, 0.25) is 0 Å². The Morgan fingerprint density at radius 2 is 1.00 bits per heavy atom. The van der Waals surface area contributed by atoms with Gasteiger partial charge in [-0.05, 0) is 6.42 Å². The Bertz CT molecular complexity index is 224. The maximum Gasteiger partial charge on any atom is 0.109 e. The maximum atomic E-state index is 5.13. The Hall–Kier alpha value is -0.640. The zero-order valence-electron chi connectivity index (χ0n) is 14.0. The van der Waals surface area contributed by atoms with Crippen LogP contribution < -0.4 is 0 Å². The van der Waals surface area contributed by atoms with Crippen LogP contribution in [0.3, 0.4) is 0 Å². The fourth-order valence-electron chi connectivity index (χ4n) is 2.49. The van der Waals surface area contributed by atoms with Crippen LogP contribution in [-0.4, -0.2) is 6.61 Å². The van der Waals surface area contributed by atoms with Crippen molar-refractivity contribution in [2.75, 3.05) is 6.61 Å². The molecule has 118 valence electrons. The minimum Gasteiger partial charge on any atom is -0.447 e. The molecule has 0 rings (SSSR count). The van der Waals surface area contributed by atoms with Crippen molar-refractivity contribution in [3.63, 3.8) is 0 Å². The molecule has 0 fully saturated rings. The van der Waals surface area contributed by atoms with E-state index in [9.17, 15) is 0 Å². The standard InChI is InChI=1S/C19H36O/c1-3-5-6-7-8-9-10-11-12-13-14-15-16-17-19-20-18-4-2/h3,5-17,19H2,1-2H3. The molecule has 0 N–H and O–H groups in total. The van der Waals surface area contributed by atoms with Crippen molar-refractivity contribution in [1.29, 1.82) is 0 Å². The third-order valence-electron chi connectivity index (χ3n) is 3.77. The minimum atomic E-state index is 0.804. The molecule has 0 radical (unpaired) electrons. The van der Waals surface area contributed by atoms with Crippen LogP contribution in [0.2, 0.25) is 0 Å². The van der Waals surface area contributed by atoms with Crippen molar-refractivity contribution in [3.05, 3.63) is 0 Å². The second-order valence-electron chi connectivity index (χ2n) is 5.80. The van der Waals surface area contributed by atoms with Gasteiger partial charge >= 0.3 is 0 Å². The van der Waals surface area contributed by atoms with Crippen LogP contribution in [0.5, 0.6) is 0 Å². The summed E-state index contributed by atoms with van der Waals surface area (Å²) in [4.78, 5) is 0. The van der Waals surface area contributed by atoms with Crippen molar-refractivity contribution in [3.8, 4) is 12.0 Å². The monoisotopic (exact) mass is 280 g/mol. The van der Waals surface area contributed by atoms with Crippen LogP contribution in [-0.2, 0) is 4.74 Å². The zero-order chi connectivity index (χ0) is 14.7. The number of rotatable bonds is 15. The average Bonchev–Trinajstić information content (AvgIpc) is 2.47. The molecule has 0 aromatic carbocycles. The van der Waals surface area contributed by atoms with Crippen LogP contribution in [0.4, 0.5) is 0 Å². The zero-order valence-corrected chi connectivity index (χ0v) is 14.0. The molecule has 0 aliphatic carbocycles. The molecule has 0 saturated heterocycles. The summed E-state index contributed by atoms with van der Waals surface area (Å²) < 4.78 is 5.13. The first-order valence-corrected chi connectivity index (χ1v) is 8.95. The van der Waals surface area contributed by atoms with Crippen LogP contribution in [0.15, 0.2) is 0 Å². The van der Waals surface area contributed by atoms with E-state index in [1.54, 1.807) is 0 Å². The Morgan fingerprint density at radius 1 is 0.600 bits per heavy atom. The molecule has 0 unspecified atom stereocenters. The van der Waals surface area contributed by atoms with E-state index in [2.05, 4.69) is 19.0 Å². The van der Waals surface area contributed by atoms with E-state index in [1.807, 2.05) is 6.92 Å². The first kappa shape index (κ1) is 19.4. The molecule has 0 aromatic heterocycles. The third-order valence-corrected chi connectivity index (χ3v) is 3.77. The van der Waals surface area contributed by atoms with E-state index in [0.29, 0.717) is 0 Å². The van der Waals surface area contributed by atoms with E-state index in [1.165, 1.54) is 83.5 Å². The minimum absolute atomic E-state index is 0.804. The van der Waals surface area contributed by atoms with E-state index in [-0.39, 0.29) is 0 Å². The number of hydrogen-bond acceptors (Lipinski definition) is 1. The second kappa shape index (κ2) is 18.4. The predicted molar refractivity (Wildman–Crippen MR) is 89.7 cm³/mol. The summed E-state index contributed by atoms with van der Waals surface area (Å²) in [6.07, 6.45) is 22.2. The van der Waals surface area contributed by atoms with Crippen molar-refractivity contribution in [2.24, 2.45) is 0 Å². The van der Waals surface area contributed by atoms with Crippen molar-refractivity contribution >= 4 is 0 Å². The summed E-state index contributed by atoms with van der Waals surface area (Å²) in [6.45, 7) is 4.90. The lowest BCUT2D eigenvalue weighted by atomic mass is 10.0. The Labute approximate surface area is 127 Å². The second-order valence-corrected chi connectivity index (χ2v) is 5.80. The summed E-state index contributed by atoms with van der Waals surface area (Å²) in [5, 5.41) is 0. The van der Waals surface area contributed by atoms with E-state index in [0.717, 1.165) is 13.0 Å². The molecular weight excluding hydrogens is 244 g/mol. The highest BCUT2D eigenvalue weighted by Crippen LogP contribution is 2.12. The van der Waals surface area contributed by atoms with Crippen LogP contribution in [0.25, 0.3) is 0 Å². The predicted octanol–water partition coefficient (Wildman–Crippen LogP) is 6.47. The maximum absolute atomic E-state index is 5.13. The summed E-state index contributed by atoms with van der Waals surface area (Å²) >= 11 is 0. The molecule has 1 heteroatoms. The summed E-state index contributed by atoms with van der Waals surface area (Å²) in [5.41, 5.74) is 0. The summed E-state index contributed by atoms with van der Waals surface area (Å²) in [7, 11) is 0. The van der Waals surface area contributed by atoms with E-state index >= 15 is 0 Å². The Balaban J connectivity index is 2.93. The average molecular weight is 280 g/mol. The summed E-state index contributed by atoms with van der Waals surface area (Å²) in [5.74, 6) is 2.75. The smallest absolute Gasteiger partial charge is 0.109 e. The topological polar surface area (TPSA) is 9.23 Å². The van der Waals surface area contributed by atoms with E-state index in [4.69, 9.17) is 4.74 Å². The molecule has 0 saturated carbocycles.